The molecule has 0 aliphatic rings. The van der Waals surface area contributed by atoms with Crippen molar-refractivity contribution in [2.75, 3.05) is 26.2 Å². The van der Waals surface area contributed by atoms with Gasteiger partial charge in [-0.15, -0.1) is 0 Å². The molecule has 5 heteroatoms. The van der Waals surface area contributed by atoms with E-state index in [2.05, 4.69) is 5.32 Å². The van der Waals surface area contributed by atoms with Crippen LogP contribution < -0.4 is 11.1 Å². The number of aliphatic hydroxyl groups is 1. The highest BCUT2D eigenvalue weighted by Gasteiger charge is 2.11. The monoisotopic (exact) mass is 268 g/mol. The molecule has 1 unspecified atom stereocenters. The van der Waals surface area contributed by atoms with Gasteiger partial charge in [0.25, 0.3) is 0 Å². The van der Waals surface area contributed by atoms with Crippen LogP contribution in [0.5, 0.6) is 11.5 Å². The molecular formula is C14H24N2O3. The van der Waals surface area contributed by atoms with E-state index in [1.165, 1.54) is 6.07 Å². The number of benzene rings is 1. The van der Waals surface area contributed by atoms with Crippen LogP contribution in [0.4, 0.5) is 0 Å². The van der Waals surface area contributed by atoms with Gasteiger partial charge >= 0.3 is 0 Å². The Bertz CT molecular complexity index is 372. The lowest BCUT2D eigenvalue weighted by Gasteiger charge is -2.15. The maximum atomic E-state index is 9.49. The predicted octanol–water partition coefficient (Wildman–Crippen LogP) is 0.892. The fourth-order valence-electron chi connectivity index (χ4n) is 2.06. The van der Waals surface area contributed by atoms with Crippen molar-refractivity contribution in [3.8, 4) is 11.5 Å². The molecule has 1 atom stereocenters. The molecule has 0 aliphatic carbocycles. The van der Waals surface area contributed by atoms with Crippen molar-refractivity contribution in [1.82, 2.24) is 5.32 Å². The molecule has 6 N–H and O–H groups in total. The van der Waals surface area contributed by atoms with Crippen molar-refractivity contribution in [1.29, 1.82) is 0 Å². The zero-order valence-electron chi connectivity index (χ0n) is 11.2. The first-order valence-electron chi connectivity index (χ1n) is 6.72. The third kappa shape index (κ3) is 5.46. The minimum absolute atomic E-state index is 0.0967. The van der Waals surface area contributed by atoms with Gasteiger partial charge in [-0.2, -0.15) is 0 Å². The minimum atomic E-state index is -0.104. The third-order valence-corrected chi connectivity index (χ3v) is 3.20. The van der Waals surface area contributed by atoms with Gasteiger partial charge in [-0.25, -0.2) is 0 Å². The van der Waals surface area contributed by atoms with E-state index in [9.17, 15) is 10.2 Å². The topological polar surface area (TPSA) is 98.7 Å². The van der Waals surface area contributed by atoms with Gasteiger partial charge in [0, 0.05) is 6.54 Å². The van der Waals surface area contributed by atoms with Crippen LogP contribution in [0.1, 0.15) is 30.7 Å². The zero-order valence-corrected chi connectivity index (χ0v) is 11.2. The summed E-state index contributed by atoms with van der Waals surface area (Å²) in [4.78, 5) is 0. The average Bonchev–Trinajstić information content (AvgIpc) is 2.41. The van der Waals surface area contributed by atoms with Crippen LogP contribution in [0.25, 0.3) is 0 Å². The highest BCUT2D eigenvalue weighted by atomic mass is 16.3. The predicted molar refractivity (Wildman–Crippen MR) is 75.4 cm³/mol. The molecule has 0 aliphatic heterocycles. The molecule has 1 aromatic rings. The van der Waals surface area contributed by atoms with Gasteiger partial charge in [0.1, 0.15) is 0 Å². The molecule has 0 amide bonds. The van der Waals surface area contributed by atoms with Crippen molar-refractivity contribution in [2.45, 2.75) is 25.2 Å². The van der Waals surface area contributed by atoms with E-state index in [0.717, 1.165) is 31.4 Å². The highest BCUT2D eigenvalue weighted by molar-refractivity contribution is 5.41. The van der Waals surface area contributed by atoms with E-state index in [1.807, 2.05) is 0 Å². The standard InChI is InChI=1S/C14H24N2O3/c15-10-12(3-1-2-6-16-7-8-17)11-4-5-13(18)14(19)9-11/h4-5,9,12,16-19H,1-3,6-8,10,15H2. The molecule has 0 radical (unpaired) electrons. The summed E-state index contributed by atoms with van der Waals surface area (Å²) in [6.45, 7) is 2.21. The summed E-state index contributed by atoms with van der Waals surface area (Å²) >= 11 is 0. The summed E-state index contributed by atoms with van der Waals surface area (Å²) < 4.78 is 0. The van der Waals surface area contributed by atoms with Crippen LogP contribution in [-0.4, -0.2) is 41.6 Å². The van der Waals surface area contributed by atoms with E-state index in [-0.39, 0.29) is 24.0 Å². The van der Waals surface area contributed by atoms with Gasteiger partial charge in [0.15, 0.2) is 11.5 Å². The second-order valence-corrected chi connectivity index (χ2v) is 4.65. The largest absolute Gasteiger partial charge is 0.504 e. The number of phenolic OH excluding ortho intramolecular Hbond substituents is 2. The summed E-state index contributed by atoms with van der Waals surface area (Å²) in [6, 6.07) is 4.88. The fraction of sp³-hybridized carbons (Fsp3) is 0.571. The Hall–Kier alpha value is -1.30. The number of phenols is 2. The lowest BCUT2D eigenvalue weighted by molar-refractivity contribution is 0.292. The highest BCUT2D eigenvalue weighted by Crippen LogP contribution is 2.30. The van der Waals surface area contributed by atoms with Crippen molar-refractivity contribution in [3.05, 3.63) is 23.8 Å². The first-order chi connectivity index (χ1) is 9.19. The summed E-state index contributed by atoms with van der Waals surface area (Å²) in [6.07, 6.45) is 3.00. The molecule has 0 heterocycles. The van der Waals surface area contributed by atoms with Crippen LogP contribution >= 0.6 is 0 Å². The molecule has 5 nitrogen and oxygen atoms in total. The quantitative estimate of drug-likeness (QED) is 0.338. The van der Waals surface area contributed by atoms with Gasteiger partial charge in [0.05, 0.1) is 6.61 Å². The normalized spacial score (nSPS) is 12.5. The van der Waals surface area contributed by atoms with Crippen LogP contribution in [0.2, 0.25) is 0 Å². The molecular weight excluding hydrogens is 244 g/mol. The molecule has 0 bridgehead atoms. The Balaban J connectivity index is 2.38. The Labute approximate surface area is 114 Å². The fourth-order valence-corrected chi connectivity index (χ4v) is 2.06. The lowest BCUT2D eigenvalue weighted by Crippen LogP contribution is -2.19. The SMILES string of the molecule is NCC(CCCCNCCO)c1ccc(O)c(O)c1. The summed E-state index contributed by atoms with van der Waals surface area (Å²) in [5.41, 5.74) is 6.72. The minimum Gasteiger partial charge on any atom is -0.504 e. The van der Waals surface area contributed by atoms with Crippen LogP contribution in [0.15, 0.2) is 18.2 Å². The summed E-state index contributed by atoms with van der Waals surface area (Å²) in [5, 5.41) is 30.5. The van der Waals surface area contributed by atoms with Crippen molar-refractivity contribution < 1.29 is 15.3 Å². The van der Waals surface area contributed by atoms with Gasteiger partial charge < -0.3 is 26.4 Å². The second kappa shape index (κ2) is 8.74. The van der Waals surface area contributed by atoms with Crippen LogP contribution in [-0.2, 0) is 0 Å². The van der Waals surface area contributed by atoms with E-state index < -0.39 is 0 Å². The molecule has 0 saturated carbocycles. The lowest BCUT2D eigenvalue weighted by atomic mass is 9.93. The Morgan fingerprint density at radius 2 is 1.89 bits per heavy atom. The number of nitrogens with one attached hydrogen (secondary N) is 1. The number of rotatable bonds is 9. The van der Waals surface area contributed by atoms with Gasteiger partial charge in [-0.1, -0.05) is 12.5 Å². The zero-order chi connectivity index (χ0) is 14.1. The average molecular weight is 268 g/mol. The van der Waals surface area contributed by atoms with Gasteiger partial charge in [0.2, 0.25) is 0 Å². The molecule has 108 valence electrons. The number of aromatic hydroxyl groups is 2. The van der Waals surface area contributed by atoms with Gasteiger partial charge in [-0.3, -0.25) is 0 Å². The molecule has 1 rings (SSSR count). The first-order valence-corrected chi connectivity index (χ1v) is 6.72. The number of hydrogen-bond donors (Lipinski definition) is 5. The molecule has 0 fully saturated rings. The molecule has 0 aromatic heterocycles. The molecule has 0 spiro atoms. The first kappa shape index (κ1) is 15.8. The summed E-state index contributed by atoms with van der Waals surface area (Å²) in [5.74, 6) is -0.00220. The molecule has 1 aromatic carbocycles. The third-order valence-electron chi connectivity index (χ3n) is 3.20. The van der Waals surface area contributed by atoms with E-state index in [4.69, 9.17) is 10.8 Å². The van der Waals surface area contributed by atoms with Crippen LogP contribution in [0.3, 0.4) is 0 Å². The Morgan fingerprint density at radius 1 is 1.11 bits per heavy atom. The summed E-state index contributed by atoms with van der Waals surface area (Å²) in [7, 11) is 0. The van der Waals surface area contributed by atoms with E-state index >= 15 is 0 Å². The van der Waals surface area contributed by atoms with Crippen molar-refractivity contribution >= 4 is 0 Å². The van der Waals surface area contributed by atoms with Crippen molar-refractivity contribution in [2.24, 2.45) is 5.73 Å². The molecule has 0 saturated heterocycles. The van der Waals surface area contributed by atoms with E-state index in [1.54, 1.807) is 12.1 Å². The molecule has 19 heavy (non-hydrogen) atoms. The second-order valence-electron chi connectivity index (χ2n) is 4.65. The van der Waals surface area contributed by atoms with Crippen LogP contribution in [0, 0.1) is 0 Å². The number of unbranched alkanes of at least 4 members (excludes halogenated alkanes) is 1. The smallest absolute Gasteiger partial charge is 0.157 e. The number of hydrogen-bond acceptors (Lipinski definition) is 5. The van der Waals surface area contributed by atoms with E-state index in [0.29, 0.717) is 13.1 Å². The maximum absolute atomic E-state index is 9.49. The Morgan fingerprint density at radius 3 is 2.53 bits per heavy atom. The number of nitrogens with two attached hydrogens (primary N) is 1. The Kier molecular flexibility index (Phi) is 7.25. The number of aliphatic hydroxyl groups excluding tert-OH is 1. The van der Waals surface area contributed by atoms with Crippen molar-refractivity contribution in [3.63, 3.8) is 0 Å². The maximum Gasteiger partial charge on any atom is 0.157 e. The van der Waals surface area contributed by atoms with Gasteiger partial charge in [-0.05, 0) is 49.5 Å².